The maximum absolute atomic E-state index is 10.6. The van der Waals surface area contributed by atoms with Gasteiger partial charge in [-0.3, -0.25) is 0 Å². The van der Waals surface area contributed by atoms with Gasteiger partial charge in [0.25, 0.3) is 0 Å². The molecule has 4 rings (SSSR count). The van der Waals surface area contributed by atoms with Crippen LogP contribution in [-0.4, -0.2) is 17.8 Å². The number of rotatable bonds is 7. The Hall–Kier alpha value is -3.14. The Balaban J connectivity index is 1.49. The molecule has 0 fully saturated rings. The number of aldehydes is 1. The molecule has 0 unspecified atom stereocenters. The van der Waals surface area contributed by atoms with Crippen molar-refractivity contribution in [2.24, 2.45) is 0 Å². The summed E-state index contributed by atoms with van der Waals surface area (Å²) >= 11 is 0. The Bertz CT molecular complexity index is 985. The van der Waals surface area contributed by atoms with E-state index in [9.17, 15) is 4.79 Å². The van der Waals surface area contributed by atoms with Crippen molar-refractivity contribution >= 4 is 23.5 Å². The van der Waals surface area contributed by atoms with E-state index in [4.69, 9.17) is 0 Å². The van der Waals surface area contributed by atoms with Gasteiger partial charge in [0.1, 0.15) is 12.1 Å². The van der Waals surface area contributed by atoms with Gasteiger partial charge >= 0.3 is 0 Å². The average Bonchev–Trinajstić information content (AvgIpc) is 2.77. The van der Waals surface area contributed by atoms with Crippen LogP contribution in [0.2, 0.25) is 0 Å². The van der Waals surface area contributed by atoms with Crippen LogP contribution in [0.25, 0.3) is 0 Å². The molecule has 29 heavy (non-hydrogen) atoms. The Morgan fingerprint density at radius 3 is 2.76 bits per heavy atom. The molecule has 0 aliphatic carbocycles. The minimum atomic E-state index is 0.544. The van der Waals surface area contributed by atoms with Crippen LogP contribution >= 0.6 is 0 Å². The largest absolute Gasteiger partial charge is 0.366 e. The molecule has 4 heteroatoms. The van der Waals surface area contributed by atoms with Crippen molar-refractivity contribution < 1.29 is 4.79 Å². The number of anilines is 3. The predicted molar refractivity (Wildman–Crippen MR) is 119 cm³/mol. The van der Waals surface area contributed by atoms with Gasteiger partial charge in [0.2, 0.25) is 0 Å². The quantitative estimate of drug-likeness (QED) is 0.567. The lowest BCUT2D eigenvalue weighted by Crippen LogP contribution is -2.24. The molecule has 0 radical (unpaired) electrons. The zero-order valence-electron chi connectivity index (χ0n) is 16.9. The van der Waals surface area contributed by atoms with E-state index in [1.165, 1.54) is 28.9 Å². The number of pyridine rings is 1. The summed E-state index contributed by atoms with van der Waals surface area (Å²) < 4.78 is 0. The van der Waals surface area contributed by atoms with Crippen molar-refractivity contribution in [1.29, 1.82) is 0 Å². The number of fused-ring (bicyclic) bond motifs is 1. The number of hydrogen-bond donors (Lipinski definition) is 1. The summed E-state index contributed by atoms with van der Waals surface area (Å²) in [6.45, 7) is 3.79. The van der Waals surface area contributed by atoms with E-state index in [-0.39, 0.29) is 0 Å². The van der Waals surface area contributed by atoms with Crippen LogP contribution in [0.3, 0.4) is 0 Å². The monoisotopic (exact) mass is 385 g/mol. The Morgan fingerprint density at radius 2 is 1.97 bits per heavy atom. The number of nitrogens with zero attached hydrogens (tertiary/aromatic N) is 2. The molecule has 0 amide bonds. The highest BCUT2D eigenvalue weighted by atomic mass is 16.1. The van der Waals surface area contributed by atoms with Crippen molar-refractivity contribution in [2.75, 3.05) is 16.8 Å². The molecule has 2 heterocycles. The van der Waals surface area contributed by atoms with Gasteiger partial charge < -0.3 is 15.0 Å². The lowest BCUT2D eigenvalue weighted by atomic mass is 9.99. The molecule has 2 aromatic carbocycles. The van der Waals surface area contributed by atoms with E-state index in [1.54, 1.807) is 0 Å². The number of hydrogen-bond acceptors (Lipinski definition) is 4. The highest BCUT2D eigenvalue weighted by Gasteiger charge is 2.18. The first-order valence-electron chi connectivity index (χ1n) is 10.3. The third-order valence-electron chi connectivity index (χ3n) is 5.54. The SMILES string of the molecule is Cc1nc(NCc2ccc3c(c2)N(c2ccccc2)CCC3)ccc1CCC=O. The molecular formula is C25H27N3O. The maximum atomic E-state index is 10.6. The van der Waals surface area contributed by atoms with Crippen molar-refractivity contribution in [3.8, 4) is 0 Å². The van der Waals surface area contributed by atoms with Gasteiger partial charge in [0.05, 0.1) is 0 Å². The average molecular weight is 386 g/mol. The van der Waals surface area contributed by atoms with Crippen LogP contribution in [0.1, 0.15) is 35.2 Å². The Morgan fingerprint density at radius 1 is 1.10 bits per heavy atom. The lowest BCUT2D eigenvalue weighted by Gasteiger charge is -2.32. The summed E-state index contributed by atoms with van der Waals surface area (Å²) in [4.78, 5) is 17.7. The van der Waals surface area contributed by atoms with Crippen LogP contribution in [0.4, 0.5) is 17.2 Å². The molecule has 3 aromatic rings. The smallest absolute Gasteiger partial charge is 0.126 e. The number of nitrogens with one attached hydrogen (secondary N) is 1. The van der Waals surface area contributed by atoms with Crippen LogP contribution in [0.5, 0.6) is 0 Å². The van der Waals surface area contributed by atoms with Gasteiger partial charge in [-0.25, -0.2) is 4.98 Å². The zero-order chi connectivity index (χ0) is 20.1. The summed E-state index contributed by atoms with van der Waals surface area (Å²) in [5, 5.41) is 3.45. The van der Waals surface area contributed by atoms with E-state index in [1.807, 2.05) is 13.0 Å². The summed E-state index contributed by atoms with van der Waals surface area (Å²) in [7, 11) is 0. The van der Waals surface area contributed by atoms with Gasteiger partial charge in [-0.15, -0.1) is 0 Å². The second-order valence-corrected chi connectivity index (χ2v) is 7.55. The predicted octanol–water partition coefficient (Wildman–Crippen LogP) is 5.22. The molecule has 1 aliphatic rings. The molecule has 1 aliphatic heterocycles. The van der Waals surface area contributed by atoms with Crippen molar-refractivity contribution in [1.82, 2.24) is 4.98 Å². The van der Waals surface area contributed by atoms with E-state index in [0.717, 1.165) is 49.3 Å². The highest BCUT2D eigenvalue weighted by Crippen LogP contribution is 2.34. The number of carbonyl (C=O) groups is 1. The van der Waals surface area contributed by atoms with Crippen LogP contribution in [0.15, 0.2) is 60.7 Å². The van der Waals surface area contributed by atoms with Gasteiger partial charge in [-0.2, -0.15) is 0 Å². The summed E-state index contributed by atoms with van der Waals surface area (Å²) in [5.41, 5.74) is 7.35. The number of aryl methyl sites for hydroxylation is 3. The third-order valence-corrected chi connectivity index (χ3v) is 5.54. The molecule has 0 saturated carbocycles. The molecule has 1 N–H and O–H groups in total. The Labute approximate surface area is 172 Å². The highest BCUT2D eigenvalue weighted by molar-refractivity contribution is 5.68. The molecule has 0 bridgehead atoms. The molecule has 1 aromatic heterocycles. The van der Waals surface area contributed by atoms with Crippen molar-refractivity contribution in [3.05, 3.63) is 83.0 Å². The molecular weight excluding hydrogens is 358 g/mol. The maximum Gasteiger partial charge on any atom is 0.126 e. The first kappa shape index (κ1) is 19.2. The Kier molecular flexibility index (Phi) is 5.89. The van der Waals surface area contributed by atoms with E-state index in [0.29, 0.717) is 6.42 Å². The minimum absolute atomic E-state index is 0.544. The first-order valence-corrected chi connectivity index (χ1v) is 10.3. The summed E-state index contributed by atoms with van der Waals surface area (Å²) in [6, 6.07) is 21.5. The van der Waals surface area contributed by atoms with Gasteiger partial charge in [0.15, 0.2) is 0 Å². The second-order valence-electron chi connectivity index (χ2n) is 7.55. The third kappa shape index (κ3) is 4.48. The fraction of sp³-hybridized carbons (Fsp3) is 0.280. The van der Waals surface area contributed by atoms with Crippen LogP contribution < -0.4 is 10.2 Å². The molecule has 148 valence electrons. The molecule has 0 saturated heterocycles. The van der Waals surface area contributed by atoms with Crippen LogP contribution in [-0.2, 0) is 24.2 Å². The standard InChI is InChI=1S/C25H27N3O/c1-19-21(8-6-16-29)13-14-25(27-19)26-18-20-11-12-22-7-5-15-28(24(22)17-20)23-9-3-2-4-10-23/h2-4,9-14,16-17H,5-8,15,18H2,1H3,(H,26,27). The van der Waals surface area contributed by atoms with E-state index in [2.05, 4.69) is 69.8 Å². The summed E-state index contributed by atoms with van der Waals surface area (Å²) in [6.07, 6.45) is 4.57. The normalized spacial score (nSPS) is 13.1. The second kappa shape index (κ2) is 8.91. The topological polar surface area (TPSA) is 45.2 Å². The van der Waals surface area contributed by atoms with E-state index >= 15 is 0 Å². The first-order chi connectivity index (χ1) is 14.2. The van der Waals surface area contributed by atoms with E-state index < -0.39 is 0 Å². The fourth-order valence-corrected chi connectivity index (χ4v) is 3.97. The zero-order valence-corrected chi connectivity index (χ0v) is 16.9. The van der Waals surface area contributed by atoms with Crippen molar-refractivity contribution in [3.63, 3.8) is 0 Å². The number of para-hydroxylation sites is 1. The molecule has 4 nitrogen and oxygen atoms in total. The van der Waals surface area contributed by atoms with Crippen LogP contribution in [0, 0.1) is 6.92 Å². The van der Waals surface area contributed by atoms with Gasteiger partial charge in [-0.05, 0) is 67.1 Å². The number of carbonyl (C=O) groups excluding carboxylic acids is 1. The lowest BCUT2D eigenvalue weighted by molar-refractivity contribution is -0.107. The van der Waals surface area contributed by atoms with Gasteiger partial charge in [0, 0.05) is 36.6 Å². The number of benzene rings is 2. The molecule has 0 spiro atoms. The van der Waals surface area contributed by atoms with Gasteiger partial charge in [-0.1, -0.05) is 36.4 Å². The fourth-order valence-electron chi connectivity index (χ4n) is 3.97. The minimum Gasteiger partial charge on any atom is -0.366 e. The summed E-state index contributed by atoms with van der Waals surface area (Å²) in [5.74, 6) is 0.870. The molecule has 0 atom stereocenters. The number of aromatic nitrogens is 1. The van der Waals surface area contributed by atoms with Crippen molar-refractivity contribution in [2.45, 2.75) is 39.2 Å².